The van der Waals surface area contributed by atoms with Gasteiger partial charge in [-0.3, -0.25) is 0 Å². The highest BCUT2D eigenvalue weighted by atomic mass is 16.6. The third kappa shape index (κ3) is 8.48. The molecule has 0 heterocycles. The molecule has 2 atom stereocenters. The van der Waals surface area contributed by atoms with E-state index < -0.39 is 0 Å². The van der Waals surface area contributed by atoms with Gasteiger partial charge in [-0.15, -0.1) is 0 Å². The van der Waals surface area contributed by atoms with Crippen LogP contribution in [0.5, 0.6) is 0 Å². The molecule has 0 rings (SSSR count). The maximum absolute atomic E-state index is 5.65. The van der Waals surface area contributed by atoms with Gasteiger partial charge in [-0.2, -0.15) is 0 Å². The lowest BCUT2D eigenvalue weighted by Gasteiger charge is -2.20. The van der Waals surface area contributed by atoms with Crippen LogP contribution in [-0.4, -0.2) is 38.1 Å². The molecule has 0 spiro atoms. The lowest BCUT2D eigenvalue weighted by atomic mass is 10.3. The van der Waals surface area contributed by atoms with Crippen LogP contribution in [0.25, 0.3) is 0 Å². The van der Waals surface area contributed by atoms with Crippen LogP contribution in [-0.2, 0) is 14.2 Å². The molecule has 0 aliphatic rings. The zero-order chi connectivity index (χ0) is 11.0. The Morgan fingerprint density at radius 1 is 0.929 bits per heavy atom. The van der Waals surface area contributed by atoms with Gasteiger partial charge < -0.3 is 14.2 Å². The van der Waals surface area contributed by atoms with Gasteiger partial charge in [0.25, 0.3) is 0 Å². The smallest absolute Gasteiger partial charge is 0.0785 e. The van der Waals surface area contributed by atoms with Crippen molar-refractivity contribution in [3.8, 4) is 0 Å². The Morgan fingerprint density at radius 3 is 2.00 bits per heavy atom. The summed E-state index contributed by atoms with van der Waals surface area (Å²) in [7, 11) is 0. The van der Waals surface area contributed by atoms with Crippen LogP contribution in [0.2, 0.25) is 0 Å². The van der Waals surface area contributed by atoms with E-state index >= 15 is 0 Å². The van der Waals surface area contributed by atoms with Crippen molar-refractivity contribution in [2.24, 2.45) is 0 Å². The number of hydrogen-bond donors (Lipinski definition) is 0. The van der Waals surface area contributed by atoms with Gasteiger partial charge >= 0.3 is 0 Å². The van der Waals surface area contributed by atoms with Crippen molar-refractivity contribution in [3.63, 3.8) is 0 Å². The van der Waals surface area contributed by atoms with E-state index in [1.165, 1.54) is 0 Å². The zero-order valence-electron chi connectivity index (χ0n) is 10.1. The molecular formula is C11H24O3. The molecule has 14 heavy (non-hydrogen) atoms. The fourth-order valence-corrected chi connectivity index (χ4v) is 1.09. The molecule has 0 aromatic carbocycles. The number of ether oxygens (including phenoxy) is 3. The van der Waals surface area contributed by atoms with Gasteiger partial charge in [0.1, 0.15) is 0 Å². The second-order valence-corrected chi connectivity index (χ2v) is 3.80. The Hall–Kier alpha value is -0.120. The van der Waals surface area contributed by atoms with Crippen LogP contribution >= 0.6 is 0 Å². The van der Waals surface area contributed by atoms with Gasteiger partial charge in [-0.1, -0.05) is 0 Å². The highest BCUT2D eigenvalue weighted by Gasteiger charge is 2.09. The molecule has 0 bridgehead atoms. The molecule has 0 N–H and O–H groups in total. The fraction of sp³-hybridized carbons (Fsp3) is 1.00. The fourth-order valence-electron chi connectivity index (χ4n) is 1.09. The molecule has 0 aliphatic carbocycles. The predicted molar refractivity (Wildman–Crippen MR) is 57.6 cm³/mol. The van der Waals surface area contributed by atoms with Gasteiger partial charge in [0, 0.05) is 6.61 Å². The minimum absolute atomic E-state index is 0.132. The molecule has 3 heteroatoms. The lowest BCUT2D eigenvalue weighted by Crippen LogP contribution is -2.26. The number of rotatable bonds is 8. The van der Waals surface area contributed by atoms with Crippen LogP contribution < -0.4 is 0 Å². The highest BCUT2D eigenvalue weighted by molar-refractivity contribution is 4.54. The molecule has 0 radical (unpaired) electrons. The van der Waals surface area contributed by atoms with E-state index in [-0.39, 0.29) is 18.3 Å². The molecule has 0 saturated heterocycles. The first-order valence-electron chi connectivity index (χ1n) is 5.41. The summed E-state index contributed by atoms with van der Waals surface area (Å²) in [4.78, 5) is 0. The van der Waals surface area contributed by atoms with Crippen LogP contribution in [0.3, 0.4) is 0 Å². The van der Waals surface area contributed by atoms with Crippen LogP contribution in [0.4, 0.5) is 0 Å². The molecule has 2 unspecified atom stereocenters. The molecule has 0 aromatic heterocycles. The number of hydrogen-bond acceptors (Lipinski definition) is 3. The molecular weight excluding hydrogens is 180 g/mol. The van der Waals surface area contributed by atoms with Crippen LogP contribution in [0.1, 0.15) is 34.6 Å². The normalized spacial score (nSPS) is 15.9. The van der Waals surface area contributed by atoms with E-state index in [1.54, 1.807) is 0 Å². The third-order valence-electron chi connectivity index (χ3n) is 1.69. The Labute approximate surface area is 87.7 Å². The molecule has 0 aliphatic heterocycles. The third-order valence-corrected chi connectivity index (χ3v) is 1.69. The quantitative estimate of drug-likeness (QED) is 0.607. The summed E-state index contributed by atoms with van der Waals surface area (Å²) in [6.07, 6.45) is 0.539. The molecule has 0 amide bonds. The maximum atomic E-state index is 5.65. The predicted octanol–water partition coefficient (Wildman–Crippen LogP) is 2.24. The van der Waals surface area contributed by atoms with Crippen molar-refractivity contribution < 1.29 is 14.2 Å². The first-order chi connectivity index (χ1) is 6.56. The summed E-state index contributed by atoms with van der Waals surface area (Å²) in [6, 6.07) is 0. The molecule has 0 fully saturated rings. The summed E-state index contributed by atoms with van der Waals surface area (Å²) in [6.45, 7) is 12.1. The van der Waals surface area contributed by atoms with Gasteiger partial charge in [0.2, 0.25) is 0 Å². The first-order valence-corrected chi connectivity index (χ1v) is 5.41. The molecule has 86 valence electrons. The van der Waals surface area contributed by atoms with Gasteiger partial charge in [0.15, 0.2) is 0 Å². The zero-order valence-corrected chi connectivity index (χ0v) is 10.1. The first kappa shape index (κ1) is 13.9. The van der Waals surface area contributed by atoms with Crippen molar-refractivity contribution in [2.75, 3.05) is 19.8 Å². The summed E-state index contributed by atoms with van der Waals surface area (Å²) in [5.41, 5.74) is 0. The topological polar surface area (TPSA) is 27.7 Å². The van der Waals surface area contributed by atoms with Crippen molar-refractivity contribution in [2.45, 2.75) is 52.9 Å². The van der Waals surface area contributed by atoms with Crippen molar-refractivity contribution in [3.05, 3.63) is 0 Å². The standard InChI is InChI=1S/C11H24O3/c1-6-12-7-10(4)14-11(5)8-13-9(2)3/h9-11H,6-8H2,1-5H3. The Bertz CT molecular complexity index is 126. The summed E-state index contributed by atoms with van der Waals surface area (Å²) >= 11 is 0. The average Bonchev–Trinajstić information content (AvgIpc) is 2.11. The van der Waals surface area contributed by atoms with E-state index in [9.17, 15) is 0 Å². The van der Waals surface area contributed by atoms with Crippen molar-refractivity contribution in [1.29, 1.82) is 0 Å². The SMILES string of the molecule is CCOCC(C)OC(C)COC(C)C. The van der Waals surface area contributed by atoms with E-state index in [0.717, 1.165) is 6.61 Å². The minimum atomic E-state index is 0.132. The van der Waals surface area contributed by atoms with E-state index in [4.69, 9.17) is 14.2 Å². The van der Waals surface area contributed by atoms with Crippen LogP contribution in [0.15, 0.2) is 0 Å². The van der Waals surface area contributed by atoms with Gasteiger partial charge in [0.05, 0.1) is 31.5 Å². The molecule has 3 nitrogen and oxygen atoms in total. The average molecular weight is 204 g/mol. The summed E-state index contributed by atoms with van der Waals surface area (Å²) in [5.74, 6) is 0. The Kier molecular flexibility index (Phi) is 8.14. The monoisotopic (exact) mass is 204 g/mol. The summed E-state index contributed by atoms with van der Waals surface area (Å²) in [5, 5.41) is 0. The van der Waals surface area contributed by atoms with E-state index in [2.05, 4.69) is 0 Å². The Morgan fingerprint density at radius 2 is 1.50 bits per heavy atom. The second-order valence-electron chi connectivity index (χ2n) is 3.80. The van der Waals surface area contributed by atoms with Crippen LogP contribution in [0, 0.1) is 0 Å². The van der Waals surface area contributed by atoms with Crippen molar-refractivity contribution in [1.82, 2.24) is 0 Å². The van der Waals surface area contributed by atoms with Gasteiger partial charge in [-0.25, -0.2) is 0 Å². The second kappa shape index (κ2) is 8.21. The molecule has 0 saturated carbocycles. The highest BCUT2D eigenvalue weighted by Crippen LogP contribution is 2.01. The summed E-state index contributed by atoms with van der Waals surface area (Å²) < 4.78 is 16.4. The van der Waals surface area contributed by atoms with E-state index in [1.807, 2.05) is 34.6 Å². The Balaban J connectivity index is 3.44. The van der Waals surface area contributed by atoms with E-state index in [0.29, 0.717) is 13.2 Å². The lowest BCUT2D eigenvalue weighted by molar-refractivity contribution is -0.0781. The van der Waals surface area contributed by atoms with Gasteiger partial charge in [-0.05, 0) is 34.6 Å². The minimum Gasteiger partial charge on any atom is -0.379 e. The van der Waals surface area contributed by atoms with Crippen molar-refractivity contribution >= 4 is 0 Å². The maximum Gasteiger partial charge on any atom is 0.0785 e. The molecule has 0 aromatic rings. The largest absolute Gasteiger partial charge is 0.379 e.